The molecule has 0 bridgehead atoms. The molecule has 0 radical (unpaired) electrons. The van der Waals surface area contributed by atoms with Crippen molar-refractivity contribution in [3.63, 3.8) is 0 Å². The highest BCUT2D eigenvalue weighted by Gasteiger charge is 2.27. The molecule has 8 heteroatoms. The van der Waals surface area contributed by atoms with Gasteiger partial charge < -0.3 is 10.1 Å². The maximum Gasteiger partial charge on any atom is 0.411 e. The highest BCUT2D eigenvalue weighted by molar-refractivity contribution is 14.1. The summed E-state index contributed by atoms with van der Waals surface area (Å²) in [5.74, 6) is 1.44. The summed E-state index contributed by atoms with van der Waals surface area (Å²) in [5.41, 5.74) is 0.896. The lowest BCUT2D eigenvalue weighted by molar-refractivity contribution is -0.173. The Balaban J connectivity index is 2.77. The van der Waals surface area contributed by atoms with Gasteiger partial charge >= 0.3 is 6.18 Å². The lowest BCUT2D eigenvalue weighted by atomic mass is 10.1. The first-order valence-corrected chi connectivity index (χ1v) is 7.77. The van der Waals surface area contributed by atoms with Crippen LogP contribution in [0.5, 0.6) is 0 Å². The van der Waals surface area contributed by atoms with Crippen LogP contribution < -0.4 is 5.32 Å². The summed E-state index contributed by atoms with van der Waals surface area (Å²) in [6, 6.07) is 0. The Kier molecular flexibility index (Phi) is 7.11. The van der Waals surface area contributed by atoms with Crippen molar-refractivity contribution < 1.29 is 17.9 Å². The molecular formula is C13H19F3IN3O. The SMILES string of the molecule is CCNc1nc(CCOCC(F)(F)F)nc(C(C)C)c1I. The van der Waals surface area contributed by atoms with Crippen molar-refractivity contribution in [1.82, 2.24) is 9.97 Å². The Hall–Kier alpha value is -0.640. The lowest BCUT2D eigenvalue weighted by Crippen LogP contribution is -2.19. The van der Waals surface area contributed by atoms with E-state index < -0.39 is 12.8 Å². The maximum absolute atomic E-state index is 12.0. The summed E-state index contributed by atoms with van der Waals surface area (Å²) in [6.07, 6.45) is -4.05. The monoisotopic (exact) mass is 417 g/mol. The van der Waals surface area contributed by atoms with Gasteiger partial charge in [-0.15, -0.1) is 0 Å². The molecule has 4 nitrogen and oxygen atoms in total. The van der Waals surface area contributed by atoms with Crippen LogP contribution in [0.2, 0.25) is 0 Å². The molecule has 0 spiro atoms. The quantitative estimate of drug-likeness (QED) is 0.542. The van der Waals surface area contributed by atoms with E-state index in [1.54, 1.807) is 0 Å². The molecule has 0 saturated heterocycles. The van der Waals surface area contributed by atoms with E-state index in [4.69, 9.17) is 0 Å². The molecule has 1 aromatic heterocycles. The third-order valence-corrected chi connectivity index (χ3v) is 3.61. The van der Waals surface area contributed by atoms with Crippen LogP contribution >= 0.6 is 22.6 Å². The van der Waals surface area contributed by atoms with Crippen LogP contribution in [0.3, 0.4) is 0 Å². The fraction of sp³-hybridized carbons (Fsp3) is 0.692. The first-order chi connectivity index (χ1) is 9.74. The van der Waals surface area contributed by atoms with Crippen LogP contribution in [-0.4, -0.2) is 35.9 Å². The predicted molar refractivity (Wildman–Crippen MR) is 83.6 cm³/mol. The zero-order valence-corrected chi connectivity index (χ0v) is 14.4. The minimum absolute atomic E-state index is 0.0524. The van der Waals surface area contributed by atoms with Gasteiger partial charge in [-0.05, 0) is 35.4 Å². The van der Waals surface area contributed by atoms with Gasteiger partial charge in [0.2, 0.25) is 0 Å². The predicted octanol–water partition coefficient (Wildman–Crippen LogP) is 3.76. The largest absolute Gasteiger partial charge is 0.411 e. The average Bonchev–Trinajstić information content (AvgIpc) is 2.36. The number of halogens is 4. The zero-order valence-electron chi connectivity index (χ0n) is 12.2. The normalized spacial score (nSPS) is 12.0. The van der Waals surface area contributed by atoms with Gasteiger partial charge in [-0.1, -0.05) is 13.8 Å². The molecule has 0 unspecified atom stereocenters. The third kappa shape index (κ3) is 6.33. The van der Waals surface area contributed by atoms with Gasteiger partial charge in [-0.25, -0.2) is 9.97 Å². The van der Waals surface area contributed by atoms with Crippen molar-refractivity contribution in [1.29, 1.82) is 0 Å². The van der Waals surface area contributed by atoms with Crippen LogP contribution in [0.4, 0.5) is 19.0 Å². The van der Waals surface area contributed by atoms with E-state index in [9.17, 15) is 13.2 Å². The van der Waals surface area contributed by atoms with Gasteiger partial charge in [0.15, 0.2) is 0 Å². The van der Waals surface area contributed by atoms with E-state index in [-0.39, 0.29) is 18.9 Å². The minimum Gasteiger partial charge on any atom is -0.372 e. The van der Waals surface area contributed by atoms with Gasteiger partial charge in [0.1, 0.15) is 18.2 Å². The van der Waals surface area contributed by atoms with Gasteiger partial charge in [-0.2, -0.15) is 13.2 Å². The molecule has 1 rings (SSSR count). The number of alkyl halides is 3. The number of nitrogens with zero attached hydrogens (tertiary/aromatic N) is 2. The van der Waals surface area contributed by atoms with Gasteiger partial charge in [-0.3, -0.25) is 0 Å². The maximum atomic E-state index is 12.0. The number of aromatic nitrogens is 2. The summed E-state index contributed by atoms with van der Waals surface area (Å²) >= 11 is 2.18. The summed E-state index contributed by atoms with van der Waals surface area (Å²) < 4.78 is 41.6. The molecule has 0 fully saturated rings. The summed E-state index contributed by atoms with van der Waals surface area (Å²) in [5, 5.41) is 3.15. The number of hydrogen-bond acceptors (Lipinski definition) is 4. The average molecular weight is 417 g/mol. The van der Waals surface area contributed by atoms with Crippen LogP contribution in [0.25, 0.3) is 0 Å². The van der Waals surface area contributed by atoms with Crippen molar-refractivity contribution in [2.24, 2.45) is 0 Å². The van der Waals surface area contributed by atoms with E-state index in [1.165, 1.54) is 0 Å². The van der Waals surface area contributed by atoms with Crippen molar-refractivity contribution in [3.05, 3.63) is 15.1 Å². The number of rotatable bonds is 7. The van der Waals surface area contributed by atoms with E-state index in [0.717, 1.165) is 15.1 Å². The molecule has 0 amide bonds. The summed E-state index contributed by atoms with van der Waals surface area (Å²) in [7, 11) is 0. The second-order valence-electron chi connectivity index (χ2n) is 4.79. The molecule has 0 aliphatic rings. The molecule has 1 heterocycles. The highest BCUT2D eigenvalue weighted by atomic mass is 127. The van der Waals surface area contributed by atoms with Crippen molar-refractivity contribution in [2.75, 3.05) is 25.1 Å². The van der Waals surface area contributed by atoms with Gasteiger partial charge in [0.25, 0.3) is 0 Å². The van der Waals surface area contributed by atoms with Gasteiger partial charge in [0.05, 0.1) is 15.9 Å². The first-order valence-electron chi connectivity index (χ1n) is 6.69. The molecule has 0 aromatic carbocycles. The van der Waals surface area contributed by atoms with Crippen LogP contribution in [0.15, 0.2) is 0 Å². The Morgan fingerprint density at radius 3 is 2.48 bits per heavy atom. The number of nitrogens with one attached hydrogen (secondary N) is 1. The van der Waals surface area contributed by atoms with Gasteiger partial charge in [0, 0.05) is 13.0 Å². The first kappa shape index (κ1) is 18.4. The van der Waals surface area contributed by atoms with E-state index in [2.05, 4.69) is 42.6 Å². The Morgan fingerprint density at radius 1 is 1.29 bits per heavy atom. The third-order valence-electron chi connectivity index (χ3n) is 2.55. The molecule has 21 heavy (non-hydrogen) atoms. The fourth-order valence-electron chi connectivity index (χ4n) is 1.64. The Bertz CT molecular complexity index is 467. The Morgan fingerprint density at radius 2 is 1.95 bits per heavy atom. The number of anilines is 1. The van der Waals surface area contributed by atoms with Crippen LogP contribution in [-0.2, 0) is 11.2 Å². The molecular weight excluding hydrogens is 398 g/mol. The lowest BCUT2D eigenvalue weighted by Gasteiger charge is -2.14. The van der Waals surface area contributed by atoms with E-state index in [0.29, 0.717) is 12.4 Å². The van der Waals surface area contributed by atoms with E-state index >= 15 is 0 Å². The van der Waals surface area contributed by atoms with Crippen LogP contribution in [0, 0.1) is 3.57 Å². The Labute approximate surface area is 136 Å². The van der Waals surface area contributed by atoms with Crippen molar-refractivity contribution in [3.8, 4) is 0 Å². The van der Waals surface area contributed by atoms with Crippen molar-refractivity contribution in [2.45, 2.75) is 39.3 Å². The second-order valence-corrected chi connectivity index (χ2v) is 5.87. The summed E-state index contributed by atoms with van der Waals surface area (Å²) in [6.45, 7) is 5.42. The fourth-order valence-corrected chi connectivity index (χ4v) is 2.70. The highest BCUT2D eigenvalue weighted by Crippen LogP contribution is 2.25. The molecule has 0 aliphatic carbocycles. The standard InChI is InChI=1S/C13H19F3IN3O/c1-4-18-12-10(17)11(8(2)3)19-9(20-12)5-6-21-7-13(14,15)16/h8H,4-7H2,1-3H3,(H,18,19,20). The molecule has 0 aliphatic heterocycles. The minimum atomic E-state index is -4.30. The van der Waals surface area contributed by atoms with Crippen LogP contribution in [0.1, 0.15) is 38.2 Å². The topological polar surface area (TPSA) is 47.0 Å². The molecule has 0 atom stereocenters. The molecule has 0 saturated carbocycles. The number of hydrogen-bond donors (Lipinski definition) is 1. The molecule has 1 N–H and O–H groups in total. The molecule has 1 aromatic rings. The van der Waals surface area contributed by atoms with E-state index in [1.807, 2.05) is 20.8 Å². The second kappa shape index (κ2) is 8.11. The smallest absolute Gasteiger partial charge is 0.372 e. The summed E-state index contributed by atoms with van der Waals surface area (Å²) in [4.78, 5) is 8.78. The zero-order chi connectivity index (χ0) is 16.0. The number of ether oxygens (including phenoxy) is 1. The molecule has 120 valence electrons. The van der Waals surface area contributed by atoms with Crippen molar-refractivity contribution >= 4 is 28.4 Å².